The number of benzene rings is 1. The summed E-state index contributed by atoms with van der Waals surface area (Å²) in [6, 6.07) is 6.01. The van der Waals surface area contributed by atoms with Crippen molar-refractivity contribution in [3.05, 3.63) is 23.8 Å². The van der Waals surface area contributed by atoms with Gasteiger partial charge in [0.2, 0.25) is 0 Å². The van der Waals surface area contributed by atoms with Crippen LogP contribution in [0.25, 0.3) is 0 Å². The zero-order valence-corrected chi connectivity index (χ0v) is 8.55. The quantitative estimate of drug-likeness (QED) is 0.430. The van der Waals surface area contributed by atoms with Crippen LogP contribution in [0.1, 0.15) is 30.1 Å². The van der Waals surface area contributed by atoms with Crippen LogP contribution in [-0.2, 0) is 0 Å². The van der Waals surface area contributed by atoms with Crippen LogP contribution in [0.4, 0.5) is 0 Å². The van der Waals surface area contributed by atoms with Crippen LogP contribution in [0.15, 0.2) is 18.2 Å². The van der Waals surface area contributed by atoms with Crippen molar-refractivity contribution < 1.29 is 4.79 Å². The van der Waals surface area contributed by atoms with Gasteiger partial charge in [0.05, 0.1) is 0 Å². The monoisotopic (exact) mass is 172 g/mol. The van der Waals surface area contributed by atoms with E-state index in [0.29, 0.717) is 6.42 Å². The van der Waals surface area contributed by atoms with E-state index in [2.05, 4.69) is 6.07 Å². The summed E-state index contributed by atoms with van der Waals surface area (Å²) < 4.78 is 0. The first-order chi connectivity index (χ1) is 6.13. The molecule has 0 spiro atoms. The maximum Gasteiger partial charge on any atom is 0.162 e. The van der Waals surface area contributed by atoms with Crippen molar-refractivity contribution in [2.24, 2.45) is 0 Å². The first-order valence-electron chi connectivity index (χ1n) is 4.75. The first kappa shape index (κ1) is 10.1. The van der Waals surface area contributed by atoms with E-state index in [0.717, 1.165) is 12.0 Å². The third-order valence-corrected chi connectivity index (χ3v) is 2.02. The van der Waals surface area contributed by atoms with Gasteiger partial charge in [0.1, 0.15) is 15.7 Å². The molecule has 1 aromatic rings. The molecule has 0 saturated heterocycles. The summed E-state index contributed by atoms with van der Waals surface area (Å²) in [4.78, 5) is 11.5. The number of rotatable bonds is 3. The van der Waals surface area contributed by atoms with Crippen LogP contribution in [0.3, 0.4) is 0 Å². The Morgan fingerprint density at radius 3 is 2.23 bits per heavy atom. The third-order valence-electron chi connectivity index (χ3n) is 2.02. The van der Waals surface area contributed by atoms with Crippen LogP contribution in [0.2, 0.25) is 0 Å². The summed E-state index contributed by atoms with van der Waals surface area (Å²) in [6.45, 7) is 2.03. The molecular formula is C10H14B2O. The number of carbonyl (C=O) groups excluding carboxylic acids is 1. The molecule has 0 unspecified atom stereocenters. The standard InChI is InChI=1S/C10H14B2O/c1-2-3-10(13)7-4-8(11)6-9(12)5-7/h4-6H,2-3,11-12H2,1H3. The van der Waals surface area contributed by atoms with Crippen molar-refractivity contribution in [2.45, 2.75) is 19.8 Å². The second kappa shape index (κ2) is 4.31. The molecule has 3 heteroatoms. The van der Waals surface area contributed by atoms with Gasteiger partial charge >= 0.3 is 0 Å². The van der Waals surface area contributed by atoms with Crippen molar-refractivity contribution in [3.63, 3.8) is 0 Å². The van der Waals surface area contributed by atoms with E-state index in [1.807, 2.05) is 34.7 Å². The molecule has 0 fully saturated rings. The lowest BCUT2D eigenvalue weighted by molar-refractivity contribution is 0.0982. The van der Waals surface area contributed by atoms with E-state index in [1.54, 1.807) is 0 Å². The van der Waals surface area contributed by atoms with E-state index in [9.17, 15) is 4.79 Å². The van der Waals surface area contributed by atoms with E-state index < -0.39 is 0 Å². The molecule has 0 bridgehead atoms. The molecule has 0 aromatic heterocycles. The molecule has 0 heterocycles. The number of hydrogen-bond acceptors (Lipinski definition) is 1. The fourth-order valence-electron chi connectivity index (χ4n) is 1.51. The summed E-state index contributed by atoms with van der Waals surface area (Å²) in [6.07, 6.45) is 1.58. The van der Waals surface area contributed by atoms with Gasteiger partial charge < -0.3 is 0 Å². The smallest absolute Gasteiger partial charge is 0.162 e. The van der Waals surface area contributed by atoms with Gasteiger partial charge in [-0.2, -0.15) is 0 Å². The summed E-state index contributed by atoms with van der Waals surface area (Å²) >= 11 is 0. The van der Waals surface area contributed by atoms with Gasteiger partial charge in [0.15, 0.2) is 5.78 Å². The Balaban J connectivity index is 2.94. The number of hydrogen-bond donors (Lipinski definition) is 0. The molecule has 0 N–H and O–H groups in total. The van der Waals surface area contributed by atoms with Crippen molar-refractivity contribution in [1.82, 2.24) is 0 Å². The highest BCUT2D eigenvalue weighted by Crippen LogP contribution is 2.01. The molecule has 0 radical (unpaired) electrons. The maximum atomic E-state index is 11.5. The van der Waals surface area contributed by atoms with Crippen LogP contribution >= 0.6 is 0 Å². The highest BCUT2D eigenvalue weighted by atomic mass is 16.1. The van der Waals surface area contributed by atoms with Crippen LogP contribution in [0, 0.1) is 0 Å². The number of ketones is 1. The highest BCUT2D eigenvalue weighted by Gasteiger charge is 2.04. The molecular weight excluding hydrogens is 158 g/mol. The Kier molecular flexibility index (Phi) is 3.35. The molecule has 1 rings (SSSR count). The van der Waals surface area contributed by atoms with Crippen molar-refractivity contribution in [3.8, 4) is 0 Å². The van der Waals surface area contributed by atoms with Gasteiger partial charge in [0, 0.05) is 12.0 Å². The second-order valence-corrected chi connectivity index (χ2v) is 3.55. The minimum Gasteiger partial charge on any atom is -0.294 e. The molecule has 1 nitrogen and oxygen atoms in total. The lowest BCUT2D eigenvalue weighted by atomic mass is 9.84. The molecule has 0 aliphatic heterocycles. The van der Waals surface area contributed by atoms with E-state index >= 15 is 0 Å². The topological polar surface area (TPSA) is 17.1 Å². The average Bonchev–Trinajstić information content (AvgIpc) is 2.03. The zero-order chi connectivity index (χ0) is 9.84. The van der Waals surface area contributed by atoms with Crippen molar-refractivity contribution in [2.75, 3.05) is 0 Å². The summed E-state index contributed by atoms with van der Waals surface area (Å²) in [5.74, 6) is 0.259. The van der Waals surface area contributed by atoms with Crippen LogP contribution in [0.5, 0.6) is 0 Å². The number of Topliss-reactive ketones (excluding diaryl/α,β-unsaturated/α-hetero) is 1. The minimum absolute atomic E-state index is 0.259. The second-order valence-electron chi connectivity index (χ2n) is 3.55. The van der Waals surface area contributed by atoms with Crippen molar-refractivity contribution in [1.29, 1.82) is 0 Å². The molecule has 0 atom stereocenters. The zero-order valence-electron chi connectivity index (χ0n) is 8.55. The van der Waals surface area contributed by atoms with Crippen LogP contribution in [-0.4, -0.2) is 21.5 Å². The molecule has 0 aliphatic carbocycles. The first-order valence-corrected chi connectivity index (χ1v) is 4.75. The SMILES string of the molecule is Bc1cc(B)cc(C(=O)CCC)c1. The summed E-state index contributed by atoms with van der Waals surface area (Å²) in [5.41, 5.74) is 3.19. The van der Waals surface area contributed by atoms with Gasteiger partial charge in [-0.25, -0.2) is 0 Å². The molecule has 1 aromatic carbocycles. The van der Waals surface area contributed by atoms with Gasteiger partial charge in [0.25, 0.3) is 0 Å². The normalized spacial score (nSPS) is 9.92. The minimum atomic E-state index is 0.259. The Labute approximate surface area is 81.4 Å². The fourth-order valence-corrected chi connectivity index (χ4v) is 1.51. The van der Waals surface area contributed by atoms with E-state index in [4.69, 9.17) is 0 Å². The predicted octanol–water partition coefficient (Wildman–Crippen LogP) is -0.814. The Morgan fingerprint density at radius 1 is 1.23 bits per heavy atom. The third kappa shape index (κ3) is 2.76. The highest BCUT2D eigenvalue weighted by molar-refractivity contribution is 6.38. The molecule has 66 valence electrons. The summed E-state index contributed by atoms with van der Waals surface area (Å²) in [5, 5.41) is 0. The Bertz CT molecular complexity index is 300. The van der Waals surface area contributed by atoms with E-state index in [-0.39, 0.29) is 5.78 Å². The molecule has 13 heavy (non-hydrogen) atoms. The fraction of sp³-hybridized carbons (Fsp3) is 0.300. The number of carbonyl (C=O) groups is 1. The van der Waals surface area contributed by atoms with Gasteiger partial charge in [-0.3, -0.25) is 4.79 Å². The Morgan fingerprint density at radius 2 is 1.77 bits per heavy atom. The van der Waals surface area contributed by atoms with Gasteiger partial charge in [-0.05, 0) is 6.42 Å². The lowest BCUT2D eigenvalue weighted by Crippen LogP contribution is -2.16. The van der Waals surface area contributed by atoms with E-state index in [1.165, 1.54) is 10.9 Å². The van der Waals surface area contributed by atoms with Crippen LogP contribution < -0.4 is 10.9 Å². The summed E-state index contributed by atoms with van der Waals surface area (Å²) in [7, 11) is 4.05. The lowest BCUT2D eigenvalue weighted by Gasteiger charge is -2.03. The molecule has 0 saturated carbocycles. The van der Waals surface area contributed by atoms with Gasteiger partial charge in [-0.15, -0.1) is 0 Å². The Hall–Kier alpha value is -0.980. The average molecular weight is 172 g/mol. The predicted molar refractivity (Wildman–Crippen MR) is 62.0 cm³/mol. The van der Waals surface area contributed by atoms with Crippen molar-refractivity contribution >= 4 is 32.4 Å². The maximum absolute atomic E-state index is 11.5. The largest absolute Gasteiger partial charge is 0.294 e. The molecule has 0 aliphatic rings. The molecule has 0 amide bonds. The van der Waals surface area contributed by atoms with Gasteiger partial charge in [-0.1, -0.05) is 36.0 Å².